The summed E-state index contributed by atoms with van der Waals surface area (Å²) in [7, 11) is -3.49. The van der Waals surface area contributed by atoms with Crippen molar-refractivity contribution in [1.82, 2.24) is 14.6 Å². The summed E-state index contributed by atoms with van der Waals surface area (Å²) in [6.07, 6.45) is 3.32. The van der Waals surface area contributed by atoms with Gasteiger partial charge in [0.25, 0.3) is 0 Å². The van der Waals surface area contributed by atoms with Crippen molar-refractivity contribution in [3.8, 4) is 0 Å². The average molecular weight is 339 g/mol. The Balaban J connectivity index is 1.91. The van der Waals surface area contributed by atoms with Crippen molar-refractivity contribution in [3.05, 3.63) is 47.6 Å². The molecular weight excluding hydrogens is 322 g/mol. The van der Waals surface area contributed by atoms with Crippen molar-refractivity contribution in [2.45, 2.75) is 17.7 Å². The van der Waals surface area contributed by atoms with Crippen LogP contribution in [0.1, 0.15) is 12.5 Å². The van der Waals surface area contributed by atoms with Crippen LogP contribution in [-0.4, -0.2) is 37.3 Å². The van der Waals surface area contributed by atoms with Crippen LogP contribution in [0.4, 0.5) is 0 Å². The zero-order chi connectivity index (χ0) is 16.0. The summed E-state index contributed by atoms with van der Waals surface area (Å²) < 4.78 is 26.8. The smallest absolute Gasteiger partial charge is 0.250 e. The Kier molecular flexibility index (Phi) is 5.64. The van der Waals surface area contributed by atoms with Gasteiger partial charge in [-0.2, -0.15) is 0 Å². The molecule has 118 valence electrons. The molecule has 0 aliphatic rings. The van der Waals surface area contributed by atoms with E-state index in [1.807, 2.05) is 12.1 Å². The van der Waals surface area contributed by atoms with Crippen molar-refractivity contribution < 1.29 is 13.2 Å². The first-order valence-corrected chi connectivity index (χ1v) is 9.03. The highest BCUT2D eigenvalue weighted by Crippen LogP contribution is 2.15. The SMILES string of the molecule is CC(=O)N(CCNS(=O)(=O)c1cccs1)Cc1ccncc1. The highest BCUT2D eigenvalue weighted by atomic mass is 32.2. The zero-order valence-corrected chi connectivity index (χ0v) is 13.7. The van der Waals surface area contributed by atoms with E-state index >= 15 is 0 Å². The lowest BCUT2D eigenvalue weighted by Gasteiger charge is -2.21. The quantitative estimate of drug-likeness (QED) is 0.828. The van der Waals surface area contributed by atoms with Gasteiger partial charge in [-0.15, -0.1) is 11.3 Å². The molecule has 8 heteroatoms. The van der Waals surface area contributed by atoms with Gasteiger partial charge in [-0.1, -0.05) is 6.07 Å². The van der Waals surface area contributed by atoms with E-state index in [9.17, 15) is 13.2 Å². The van der Waals surface area contributed by atoms with E-state index in [1.165, 1.54) is 6.92 Å². The first kappa shape index (κ1) is 16.6. The Labute approximate surface area is 133 Å². The Morgan fingerprint density at radius 1 is 1.32 bits per heavy atom. The van der Waals surface area contributed by atoms with Crippen LogP contribution in [0, 0.1) is 0 Å². The van der Waals surface area contributed by atoms with Gasteiger partial charge in [-0.05, 0) is 29.1 Å². The number of hydrogen-bond donors (Lipinski definition) is 1. The number of nitrogens with zero attached hydrogens (tertiary/aromatic N) is 2. The molecule has 0 spiro atoms. The largest absolute Gasteiger partial charge is 0.337 e. The molecule has 0 fully saturated rings. The Hall–Kier alpha value is -1.77. The number of hydrogen-bond acceptors (Lipinski definition) is 5. The molecule has 2 aromatic heterocycles. The normalized spacial score (nSPS) is 11.3. The van der Waals surface area contributed by atoms with Crippen LogP contribution in [0.5, 0.6) is 0 Å². The van der Waals surface area contributed by atoms with E-state index in [4.69, 9.17) is 0 Å². The Morgan fingerprint density at radius 2 is 2.05 bits per heavy atom. The van der Waals surface area contributed by atoms with E-state index in [2.05, 4.69) is 9.71 Å². The molecule has 1 amide bonds. The molecule has 2 aromatic rings. The van der Waals surface area contributed by atoms with E-state index < -0.39 is 10.0 Å². The molecule has 0 atom stereocenters. The maximum absolute atomic E-state index is 12.0. The standard InChI is InChI=1S/C14H17N3O3S2/c1-12(18)17(11-13-4-6-15-7-5-13)9-8-16-22(19,20)14-3-2-10-21-14/h2-7,10,16H,8-9,11H2,1H3. The summed E-state index contributed by atoms with van der Waals surface area (Å²) in [5, 5.41) is 1.71. The minimum absolute atomic E-state index is 0.105. The summed E-state index contributed by atoms with van der Waals surface area (Å²) in [5.74, 6) is -0.105. The predicted octanol–water partition coefficient (Wildman–Crippen LogP) is 1.47. The van der Waals surface area contributed by atoms with Gasteiger partial charge >= 0.3 is 0 Å². The fourth-order valence-corrected chi connectivity index (χ4v) is 3.92. The molecule has 6 nitrogen and oxygen atoms in total. The lowest BCUT2D eigenvalue weighted by atomic mass is 10.2. The van der Waals surface area contributed by atoms with Crippen molar-refractivity contribution >= 4 is 27.3 Å². The highest BCUT2D eigenvalue weighted by Gasteiger charge is 2.16. The van der Waals surface area contributed by atoms with E-state index in [1.54, 1.807) is 34.8 Å². The molecule has 0 saturated heterocycles. The fraction of sp³-hybridized carbons (Fsp3) is 0.286. The number of amides is 1. The number of thiophene rings is 1. The van der Waals surface area contributed by atoms with Crippen LogP contribution in [-0.2, 0) is 21.4 Å². The number of carbonyl (C=O) groups is 1. The first-order valence-electron chi connectivity index (χ1n) is 6.66. The van der Waals surface area contributed by atoms with Crippen molar-refractivity contribution in [1.29, 1.82) is 0 Å². The van der Waals surface area contributed by atoms with Gasteiger partial charge < -0.3 is 4.90 Å². The third-order valence-corrected chi connectivity index (χ3v) is 5.86. The van der Waals surface area contributed by atoms with Gasteiger partial charge in [0.2, 0.25) is 15.9 Å². The van der Waals surface area contributed by atoms with Crippen LogP contribution < -0.4 is 4.72 Å². The summed E-state index contributed by atoms with van der Waals surface area (Å²) in [5.41, 5.74) is 0.950. The fourth-order valence-electron chi connectivity index (χ4n) is 1.86. The monoisotopic (exact) mass is 339 g/mol. The molecule has 0 aliphatic heterocycles. The van der Waals surface area contributed by atoms with Crippen molar-refractivity contribution in [3.63, 3.8) is 0 Å². The number of sulfonamides is 1. The Bertz CT molecular complexity index is 700. The van der Waals surface area contributed by atoms with Crippen molar-refractivity contribution in [2.75, 3.05) is 13.1 Å². The van der Waals surface area contributed by atoms with Crippen LogP contribution in [0.2, 0.25) is 0 Å². The van der Waals surface area contributed by atoms with E-state index in [-0.39, 0.29) is 16.7 Å². The summed E-state index contributed by atoms with van der Waals surface area (Å²) in [6, 6.07) is 6.88. The number of rotatable bonds is 7. The summed E-state index contributed by atoms with van der Waals surface area (Å²) in [4.78, 5) is 17.2. The van der Waals surface area contributed by atoms with Gasteiger partial charge in [-0.25, -0.2) is 13.1 Å². The molecule has 0 unspecified atom stereocenters. The van der Waals surface area contributed by atoms with Crippen LogP contribution >= 0.6 is 11.3 Å². The molecule has 0 aromatic carbocycles. The van der Waals surface area contributed by atoms with Gasteiger partial charge in [0, 0.05) is 39.0 Å². The maximum Gasteiger partial charge on any atom is 0.250 e. The molecule has 1 N–H and O–H groups in total. The minimum Gasteiger partial charge on any atom is -0.337 e. The third-order valence-electron chi connectivity index (χ3n) is 3.00. The number of pyridine rings is 1. The second kappa shape index (κ2) is 7.48. The molecule has 0 bridgehead atoms. The van der Waals surface area contributed by atoms with Crippen molar-refractivity contribution in [2.24, 2.45) is 0 Å². The molecule has 22 heavy (non-hydrogen) atoms. The van der Waals surface area contributed by atoms with E-state index in [0.717, 1.165) is 16.9 Å². The first-order chi connectivity index (χ1) is 10.5. The second-order valence-corrected chi connectivity index (χ2v) is 7.57. The topological polar surface area (TPSA) is 79.4 Å². The molecule has 0 aliphatic carbocycles. The van der Waals surface area contributed by atoms with Gasteiger partial charge in [-0.3, -0.25) is 9.78 Å². The molecule has 2 rings (SSSR count). The van der Waals surface area contributed by atoms with Crippen LogP contribution in [0.25, 0.3) is 0 Å². The second-order valence-electron chi connectivity index (χ2n) is 4.63. The number of nitrogens with one attached hydrogen (secondary N) is 1. The zero-order valence-electron chi connectivity index (χ0n) is 12.1. The lowest BCUT2D eigenvalue weighted by molar-refractivity contribution is -0.129. The molecule has 2 heterocycles. The third kappa shape index (κ3) is 4.62. The number of aromatic nitrogens is 1. The minimum atomic E-state index is -3.49. The van der Waals surface area contributed by atoms with Gasteiger partial charge in [0.15, 0.2) is 0 Å². The molecular formula is C14H17N3O3S2. The maximum atomic E-state index is 12.0. The average Bonchev–Trinajstić information content (AvgIpc) is 3.02. The lowest BCUT2D eigenvalue weighted by Crippen LogP contribution is -2.36. The van der Waals surface area contributed by atoms with Crippen LogP contribution in [0.15, 0.2) is 46.2 Å². The molecule has 0 saturated carbocycles. The Morgan fingerprint density at radius 3 is 2.64 bits per heavy atom. The predicted molar refractivity (Wildman–Crippen MR) is 84.8 cm³/mol. The van der Waals surface area contributed by atoms with Gasteiger partial charge in [0.1, 0.15) is 4.21 Å². The van der Waals surface area contributed by atoms with E-state index in [0.29, 0.717) is 13.1 Å². The van der Waals surface area contributed by atoms with Crippen LogP contribution in [0.3, 0.4) is 0 Å². The molecule has 0 radical (unpaired) electrons. The van der Waals surface area contributed by atoms with Gasteiger partial charge in [0.05, 0.1) is 0 Å². The summed E-state index contributed by atoms with van der Waals surface area (Å²) in [6.45, 7) is 2.38. The highest BCUT2D eigenvalue weighted by molar-refractivity contribution is 7.91. The summed E-state index contributed by atoms with van der Waals surface area (Å²) >= 11 is 1.16. The number of carbonyl (C=O) groups excluding carboxylic acids is 1.